The van der Waals surface area contributed by atoms with Crippen molar-refractivity contribution in [1.29, 1.82) is 0 Å². The van der Waals surface area contributed by atoms with Crippen molar-refractivity contribution in [2.24, 2.45) is 5.92 Å². The van der Waals surface area contributed by atoms with Crippen molar-refractivity contribution in [3.8, 4) is 0 Å². The van der Waals surface area contributed by atoms with E-state index in [1.54, 1.807) is 6.08 Å². The molecule has 3 nitrogen and oxygen atoms in total. The van der Waals surface area contributed by atoms with Crippen LogP contribution >= 0.6 is 0 Å². The number of hydrogen-bond donors (Lipinski definition) is 1. The predicted molar refractivity (Wildman–Crippen MR) is 44.1 cm³/mol. The van der Waals surface area contributed by atoms with E-state index in [4.69, 9.17) is 0 Å². The van der Waals surface area contributed by atoms with Crippen LogP contribution in [0.4, 0.5) is 0 Å². The zero-order valence-corrected chi connectivity index (χ0v) is 7.35. The first-order valence-electron chi connectivity index (χ1n) is 3.42. The summed E-state index contributed by atoms with van der Waals surface area (Å²) in [7, 11) is -3.16. The van der Waals surface area contributed by atoms with E-state index in [2.05, 4.69) is 4.72 Å². The summed E-state index contributed by atoms with van der Waals surface area (Å²) in [4.78, 5) is 0. The largest absolute Gasteiger partial charge is 0.287 e. The third kappa shape index (κ3) is 2.08. The first-order valence-corrected chi connectivity index (χ1v) is 4.96. The maximum absolute atomic E-state index is 10.8. The molecule has 0 radical (unpaired) electrons. The number of sulfonamides is 1. The molecule has 1 heterocycles. The lowest BCUT2D eigenvalue weighted by molar-refractivity contribution is 0.598. The zero-order valence-electron chi connectivity index (χ0n) is 6.53. The molecular formula is C7H11NO2S. The number of allylic oxidation sites excluding steroid dienone is 2. The fraction of sp³-hybridized carbons (Fsp3) is 0.429. The molecule has 0 atom stereocenters. The molecule has 1 N–H and O–H groups in total. The standard InChI is InChI=1S/C7H11NO2S/c1-6(2)7-3-4-11(9,10)8-5-7/h3-6,8H,1-2H3. The summed E-state index contributed by atoms with van der Waals surface area (Å²) >= 11 is 0. The smallest absolute Gasteiger partial charge is 0.254 e. The molecule has 0 fully saturated rings. The molecule has 1 rings (SSSR count). The number of nitrogens with one attached hydrogen (secondary N) is 1. The molecule has 0 aromatic heterocycles. The van der Waals surface area contributed by atoms with Crippen molar-refractivity contribution in [1.82, 2.24) is 4.72 Å². The quantitative estimate of drug-likeness (QED) is 0.642. The maximum atomic E-state index is 10.8. The number of hydrogen-bond acceptors (Lipinski definition) is 2. The summed E-state index contributed by atoms with van der Waals surface area (Å²) in [5, 5.41) is 1.18. The summed E-state index contributed by atoms with van der Waals surface area (Å²) < 4.78 is 23.9. The van der Waals surface area contributed by atoms with Crippen molar-refractivity contribution < 1.29 is 8.42 Å². The van der Waals surface area contributed by atoms with E-state index in [0.29, 0.717) is 5.92 Å². The molecule has 0 aromatic carbocycles. The average molecular weight is 173 g/mol. The van der Waals surface area contributed by atoms with Crippen molar-refractivity contribution in [2.75, 3.05) is 0 Å². The normalized spacial score (nSPS) is 21.2. The lowest BCUT2D eigenvalue weighted by Gasteiger charge is -2.11. The highest BCUT2D eigenvalue weighted by Crippen LogP contribution is 2.13. The third-order valence-corrected chi connectivity index (χ3v) is 2.44. The molecule has 0 unspecified atom stereocenters. The molecule has 1 aliphatic rings. The minimum absolute atomic E-state index is 0.356. The Morgan fingerprint density at radius 1 is 1.45 bits per heavy atom. The predicted octanol–water partition coefficient (Wildman–Crippen LogP) is 0.973. The molecule has 4 heteroatoms. The molecule has 62 valence electrons. The van der Waals surface area contributed by atoms with Crippen molar-refractivity contribution in [3.63, 3.8) is 0 Å². The summed E-state index contributed by atoms with van der Waals surface area (Å²) in [6, 6.07) is 0. The first kappa shape index (κ1) is 8.33. The molecule has 0 aromatic rings. The fourth-order valence-corrected chi connectivity index (χ4v) is 1.48. The molecule has 11 heavy (non-hydrogen) atoms. The Labute approximate surface area is 66.9 Å². The van der Waals surface area contributed by atoms with Gasteiger partial charge in [0.15, 0.2) is 0 Å². The van der Waals surface area contributed by atoms with Gasteiger partial charge in [-0.2, -0.15) is 0 Å². The van der Waals surface area contributed by atoms with Crippen LogP contribution in [-0.4, -0.2) is 8.42 Å². The van der Waals surface area contributed by atoms with Gasteiger partial charge in [-0.1, -0.05) is 13.8 Å². The van der Waals surface area contributed by atoms with Crippen molar-refractivity contribution in [2.45, 2.75) is 13.8 Å². The lowest BCUT2D eigenvalue weighted by atomic mass is 10.1. The highest BCUT2D eigenvalue weighted by atomic mass is 32.2. The summed E-state index contributed by atoms with van der Waals surface area (Å²) in [6.07, 6.45) is 3.15. The Morgan fingerprint density at radius 3 is 2.45 bits per heavy atom. The Morgan fingerprint density at radius 2 is 2.09 bits per heavy atom. The van der Waals surface area contributed by atoms with E-state index in [1.165, 1.54) is 11.6 Å². The summed E-state index contributed by atoms with van der Waals surface area (Å²) in [5.74, 6) is 0.356. The second-order valence-corrected chi connectivity index (χ2v) is 4.36. The van der Waals surface area contributed by atoms with Gasteiger partial charge in [-0.25, -0.2) is 8.42 Å². The van der Waals surface area contributed by atoms with Crippen LogP contribution < -0.4 is 4.72 Å². The minimum atomic E-state index is -3.16. The van der Waals surface area contributed by atoms with Crippen molar-refractivity contribution in [3.05, 3.63) is 23.3 Å². The van der Waals surface area contributed by atoms with Gasteiger partial charge in [0.05, 0.1) is 5.41 Å². The van der Waals surface area contributed by atoms with Gasteiger partial charge in [0.1, 0.15) is 0 Å². The van der Waals surface area contributed by atoms with Crippen LogP contribution in [0.3, 0.4) is 0 Å². The highest BCUT2D eigenvalue weighted by Gasteiger charge is 2.09. The van der Waals surface area contributed by atoms with Crippen LogP contribution in [0.1, 0.15) is 13.8 Å². The van der Waals surface area contributed by atoms with Gasteiger partial charge in [-0.3, -0.25) is 4.72 Å². The minimum Gasteiger partial charge on any atom is -0.287 e. The third-order valence-electron chi connectivity index (χ3n) is 1.50. The van der Waals surface area contributed by atoms with E-state index >= 15 is 0 Å². The van der Waals surface area contributed by atoms with E-state index < -0.39 is 10.0 Å². The van der Waals surface area contributed by atoms with Crippen LogP contribution in [-0.2, 0) is 10.0 Å². The molecule has 0 amide bonds. The first-order chi connectivity index (χ1) is 5.01. The lowest BCUT2D eigenvalue weighted by Crippen LogP contribution is -2.19. The molecule has 0 spiro atoms. The van der Waals surface area contributed by atoms with Gasteiger partial charge >= 0.3 is 0 Å². The Hall–Kier alpha value is -0.770. The van der Waals surface area contributed by atoms with Gasteiger partial charge in [0.2, 0.25) is 0 Å². The van der Waals surface area contributed by atoms with Gasteiger partial charge in [0, 0.05) is 6.20 Å². The Kier molecular flexibility index (Phi) is 2.04. The van der Waals surface area contributed by atoms with E-state index in [1.807, 2.05) is 13.8 Å². The fourth-order valence-electron chi connectivity index (χ4n) is 0.765. The molecule has 0 bridgehead atoms. The zero-order chi connectivity index (χ0) is 8.48. The van der Waals surface area contributed by atoms with Gasteiger partial charge in [0.25, 0.3) is 10.0 Å². The molecule has 0 aliphatic carbocycles. The molecule has 0 saturated heterocycles. The van der Waals surface area contributed by atoms with Crippen LogP contribution in [0.5, 0.6) is 0 Å². The van der Waals surface area contributed by atoms with Crippen LogP contribution in [0.25, 0.3) is 0 Å². The second kappa shape index (κ2) is 2.70. The van der Waals surface area contributed by atoms with Gasteiger partial charge in [-0.15, -0.1) is 0 Å². The van der Waals surface area contributed by atoms with Gasteiger partial charge < -0.3 is 0 Å². The van der Waals surface area contributed by atoms with Crippen LogP contribution in [0.2, 0.25) is 0 Å². The molecule has 0 saturated carbocycles. The number of rotatable bonds is 1. The SMILES string of the molecule is CC(C)C1=CNS(=O)(=O)C=C1. The summed E-state index contributed by atoms with van der Waals surface area (Å²) in [5.41, 5.74) is 1.000. The topological polar surface area (TPSA) is 46.2 Å². The van der Waals surface area contributed by atoms with Crippen molar-refractivity contribution >= 4 is 10.0 Å². The van der Waals surface area contributed by atoms with Gasteiger partial charge in [-0.05, 0) is 17.6 Å². The molecular weight excluding hydrogens is 162 g/mol. The van der Waals surface area contributed by atoms with E-state index in [-0.39, 0.29) is 0 Å². The van der Waals surface area contributed by atoms with E-state index in [0.717, 1.165) is 5.57 Å². The van der Waals surface area contributed by atoms with Crippen LogP contribution in [0.15, 0.2) is 23.3 Å². The van der Waals surface area contributed by atoms with E-state index in [9.17, 15) is 8.42 Å². The Bertz CT molecular complexity index is 298. The summed E-state index contributed by atoms with van der Waals surface area (Å²) in [6.45, 7) is 4.02. The highest BCUT2D eigenvalue weighted by molar-refractivity contribution is 7.92. The molecule has 1 aliphatic heterocycles. The Balaban J connectivity index is 2.84. The second-order valence-electron chi connectivity index (χ2n) is 2.76. The average Bonchev–Trinajstić information content (AvgIpc) is 1.86. The monoisotopic (exact) mass is 173 g/mol. The maximum Gasteiger partial charge on any atom is 0.254 e. The van der Waals surface area contributed by atoms with Crippen LogP contribution in [0, 0.1) is 5.92 Å².